The average molecular weight is 593 g/mol. The van der Waals surface area contributed by atoms with Crippen LogP contribution in [0.25, 0.3) is 0 Å². The fraction of sp³-hybridized carbons (Fsp3) is 0.280. The van der Waals surface area contributed by atoms with Gasteiger partial charge in [0.2, 0.25) is 0 Å². The molecule has 0 aliphatic carbocycles. The largest absolute Gasteiger partial charge is 0.497 e. The topological polar surface area (TPSA) is 79.5 Å². The molecule has 34 heavy (non-hydrogen) atoms. The molecule has 1 aromatic heterocycles. The van der Waals surface area contributed by atoms with Crippen molar-refractivity contribution in [1.82, 2.24) is 10.6 Å². The van der Waals surface area contributed by atoms with Crippen molar-refractivity contribution >= 4 is 56.4 Å². The van der Waals surface area contributed by atoms with Crippen molar-refractivity contribution in [3.05, 3.63) is 73.4 Å². The summed E-state index contributed by atoms with van der Waals surface area (Å²) in [7, 11) is 1.59. The summed E-state index contributed by atoms with van der Waals surface area (Å²) >= 11 is 3.22. The molecule has 178 valence electrons. The number of methoxy groups -OCH3 is 1. The number of carbonyl (C=O) groups excluding carboxylic acids is 2. The van der Waals surface area contributed by atoms with E-state index < -0.39 is 5.82 Å². The van der Waals surface area contributed by atoms with Crippen LogP contribution in [-0.2, 0) is 13.0 Å². The lowest BCUT2D eigenvalue weighted by molar-refractivity contribution is 0.0944. The molecule has 6 nitrogen and oxygen atoms in total. The van der Waals surface area contributed by atoms with Crippen molar-refractivity contribution < 1.29 is 18.7 Å². The Morgan fingerprint density at radius 2 is 2.06 bits per heavy atom. The minimum Gasteiger partial charge on any atom is -0.497 e. The molecule has 4 rings (SSSR count). The van der Waals surface area contributed by atoms with E-state index in [1.54, 1.807) is 19.2 Å². The van der Waals surface area contributed by atoms with Crippen molar-refractivity contribution in [3.8, 4) is 5.75 Å². The van der Waals surface area contributed by atoms with Crippen LogP contribution in [0, 0.1) is 14.8 Å². The van der Waals surface area contributed by atoms with Crippen LogP contribution in [0.2, 0.25) is 0 Å². The van der Waals surface area contributed by atoms with E-state index in [1.807, 2.05) is 60.7 Å². The van der Waals surface area contributed by atoms with Crippen molar-refractivity contribution in [1.29, 1.82) is 0 Å². The Labute approximate surface area is 215 Å². The van der Waals surface area contributed by atoms with Gasteiger partial charge in [0.15, 0.2) is 0 Å². The first-order valence-corrected chi connectivity index (χ1v) is 12.6. The Balaban J connectivity index is 1.71. The number of hydrogen-bond acceptors (Lipinski definition) is 5. The monoisotopic (exact) mass is 593 g/mol. The van der Waals surface area contributed by atoms with Gasteiger partial charge in [0, 0.05) is 16.7 Å². The van der Waals surface area contributed by atoms with Gasteiger partial charge in [0.25, 0.3) is 11.8 Å². The quantitative estimate of drug-likeness (QED) is 0.331. The van der Waals surface area contributed by atoms with E-state index in [0.717, 1.165) is 9.13 Å². The number of fused-ring (bicyclic) bond motifs is 1. The van der Waals surface area contributed by atoms with Gasteiger partial charge in [0.05, 0.1) is 23.2 Å². The van der Waals surface area contributed by atoms with E-state index in [4.69, 9.17) is 4.74 Å². The minimum absolute atomic E-state index is 0.219. The van der Waals surface area contributed by atoms with Gasteiger partial charge in [-0.1, -0.05) is 26.0 Å². The van der Waals surface area contributed by atoms with Crippen LogP contribution in [-0.4, -0.2) is 25.5 Å². The smallest absolute Gasteiger partial charge is 0.261 e. The lowest BCUT2D eigenvalue weighted by Gasteiger charge is -2.22. The average Bonchev–Trinajstić information content (AvgIpc) is 3.09. The summed E-state index contributed by atoms with van der Waals surface area (Å²) in [4.78, 5) is 26.8. The van der Waals surface area contributed by atoms with Gasteiger partial charge in [-0.2, -0.15) is 0 Å². The van der Waals surface area contributed by atoms with E-state index in [1.165, 1.54) is 17.4 Å². The SMILES string of the molecule is COc1cccc(CNC(=O)c2c(Nc3ccc(I)cc3F)sc3c2CC(C)(C)CNC3=O)c1. The molecule has 0 saturated carbocycles. The highest BCUT2D eigenvalue weighted by molar-refractivity contribution is 14.1. The van der Waals surface area contributed by atoms with Crippen LogP contribution >= 0.6 is 33.9 Å². The predicted octanol–water partition coefficient (Wildman–Crippen LogP) is 5.49. The Morgan fingerprint density at radius 1 is 1.26 bits per heavy atom. The molecule has 1 aliphatic rings. The molecule has 2 aromatic carbocycles. The molecule has 0 radical (unpaired) electrons. The van der Waals surface area contributed by atoms with Crippen molar-refractivity contribution in [3.63, 3.8) is 0 Å². The Morgan fingerprint density at radius 3 is 2.79 bits per heavy atom. The van der Waals surface area contributed by atoms with Gasteiger partial charge in [-0.3, -0.25) is 9.59 Å². The van der Waals surface area contributed by atoms with Crippen LogP contribution in [0.5, 0.6) is 5.75 Å². The number of amides is 2. The van der Waals surface area contributed by atoms with Gasteiger partial charge < -0.3 is 20.7 Å². The van der Waals surface area contributed by atoms with Gasteiger partial charge in [-0.15, -0.1) is 11.3 Å². The van der Waals surface area contributed by atoms with Crippen LogP contribution in [0.1, 0.15) is 45.0 Å². The molecule has 9 heteroatoms. The van der Waals surface area contributed by atoms with E-state index in [9.17, 15) is 14.0 Å². The Bertz CT molecular complexity index is 1260. The first-order chi connectivity index (χ1) is 16.2. The lowest BCUT2D eigenvalue weighted by atomic mass is 9.85. The molecule has 0 bridgehead atoms. The van der Waals surface area contributed by atoms with Gasteiger partial charge in [-0.05, 0) is 75.9 Å². The standard InChI is InChI=1S/C25H25FIN3O3S/c1-25(2)11-17-20(22(31)28-12-14-5-4-6-16(9-14)33-3)24(34-21(17)23(32)29-13-25)30-19-8-7-15(27)10-18(19)26/h4-10,30H,11-13H2,1-3H3,(H,28,31)(H,29,32). The van der Waals surface area contributed by atoms with Crippen molar-refractivity contribution in [2.24, 2.45) is 5.41 Å². The number of benzene rings is 2. The summed E-state index contributed by atoms with van der Waals surface area (Å²) in [5.74, 6) is -0.267. The summed E-state index contributed by atoms with van der Waals surface area (Å²) < 4.78 is 20.6. The molecular formula is C25H25FIN3O3S. The van der Waals surface area contributed by atoms with Crippen molar-refractivity contribution in [2.45, 2.75) is 26.8 Å². The molecule has 1 aliphatic heterocycles. The second-order valence-corrected chi connectivity index (χ2v) is 11.2. The second kappa shape index (κ2) is 9.91. The summed E-state index contributed by atoms with van der Waals surface area (Å²) in [6.07, 6.45) is 0.538. The third-order valence-electron chi connectivity index (χ3n) is 5.59. The fourth-order valence-electron chi connectivity index (χ4n) is 3.85. The zero-order chi connectivity index (χ0) is 24.5. The number of hydrogen-bond donors (Lipinski definition) is 3. The predicted molar refractivity (Wildman–Crippen MR) is 141 cm³/mol. The Kier molecular flexibility index (Phi) is 7.13. The third-order valence-corrected chi connectivity index (χ3v) is 7.41. The van der Waals surface area contributed by atoms with E-state index in [0.29, 0.717) is 39.7 Å². The minimum atomic E-state index is -0.428. The summed E-state index contributed by atoms with van der Waals surface area (Å²) in [5, 5.41) is 9.42. The number of rotatable bonds is 6. The number of carbonyl (C=O) groups is 2. The fourth-order valence-corrected chi connectivity index (χ4v) is 5.45. The van der Waals surface area contributed by atoms with Crippen molar-refractivity contribution in [2.75, 3.05) is 19.0 Å². The molecule has 3 N–H and O–H groups in total. The highest BCUT2D eigenvalue weighted by atomic mass is 127. The van der Waals surface area contributed by atoms with E-state index in [-0.39, 0.29) is 29.5 Å². The van der Waals surface area contributed by atoms with Gasteiger partial charge in [0.1, 0.15) is 16.6 Å². The molecule has 0 saturated heterocycles. The number of anilines is 2. The first-order valence-electron chi connectivity index (χ1n) is 10.7. The van der Waals surface area contributed by atoms with Gasteiger partial charge >= 0.3 is 0 Å². The Hall–Kier alpha value is -2.66. The zero-order valence-corrected chi connectivity index (χ0v) is 22.0. The molecule has 2 amide bonds. The summed E-state index contributed by atoms with van der Waals surface area (Å²) in [5.41, 5.74) is 1.95. The number of halogens is 2. The van der Waals surface area contributed by atoms with Crippen LogP contribution in [0.3, 0.4) is 0 Å². The number of thiophene rings is 1. The molecule has 3 aromatic rings. The highest BCUT2D eigenvalue weighted by Gasteiger charge is 2.34. The first kappa shape index (κ1) is 24.5. The van der Waals surface area contributed by atoms with Crippen LogP contribution < -0.4 is 20.7 Å². The second-order valence-electron chi connectivity index (χ2n) is 8.92. The normalized spacial score (nSPS) is 14.6. The van der Waals surface area contributed by atoms with E-state index in [2.05, 4.69) is 16.0 Å². The maximum atomic E-state index is 14.6. The molecule has 2 heterocycles. The zero-order valence-electron chi connectivity index (χ0n) is 19.1. The van der Waals surface area contributed by atoms with Gasteiger partial charge in [-0.25, -0.2) is 4.39 Å². The molecule has 0 spiro atoms. The summed E-state index contributed by atoms with van der Waals surface area (Å²) in [6, 6.07) is 12.3. The summed E-state index contributed by atoms with van der Waals surface area (Å²) in [6.45, 7) is 4.88. The maximum absolute atomic E-state index is 14.6. The molecular weight excluding hydrogens is 568 g/mol. The maximum Gasteiger partial charge on any atom is 0.261 e. The van der Waals surface area contributed by atoms with Crippen LogP contribution in [0.15, 0.2) is 42.5 Å². The molecule has 0 atom stereocenters. The molecule has 0 fully saturated rings. The van der Waals surface area contributed by atoms with Crippen LogP contribution in [0.4, 0.5) is 15.1 Å². The van der Waals surface area contributed by atoms with E-state index >= 15 is 0 Å². The molecule has 0 unspecified atom stereocenters. The third kappa shape index (κ3) is 5.35. The highest BCUT2D eigenvalue weighted by Crippen LogP contribution is 2.40. The number of nitrogens with one attached hydrogen (secondary N) is 3. The lowest BCUT2D eigenvalue weighted by Crippen LogP contribution is -2.31. The number of ether oxygens (including phenoxy) is 1.